The average Bonchev–Trinajstić information content (AvgIpc) is 1.70. The van der Waals surface area contributed by atoms with Crippen molar-refractivity contribution in [1.29, 1.82) is 10.5 Å². The molecule has 28 heteroatoms. The highest BCUT2D eigenvalue weighted by Gasteiger charge is 2.37. The molecule has 24 nitrogen and oxygen atoms in total. The van der Waals surface area contributed by atoms with Crippen molar-refractivity contribution in [1.82, 2.24) is 69.5 Å². The van der Waals surface area contributed by atoms with E-state index in [4.69, 9.17) is 72.7 Å². The van der Waals surface area contributed by atoms with Gasteiger partial charge in [0.05, 0.1) is 71.7 Å². The molecule has 4 amide bonds. The summed E-state index contributed by atoms with van der Waals surface area (Å²) in [5.74, 6) is -2.39. The molecule has 3 aliphatic rings. The first-order chi connectivity index (χ1) is 41.7. The Morgan fingerprint density at radius 3 is 1.70 bits per heavy atom. The van der Waals surface area contributed by atoms with Gasteiger partial charge in [-0.3, -0.25) is 29.0 Å². The molecule has 462 valence electrons. The van der Waals surface area contributed by atoms with E-state index in [2.05, 4.69) is 77.2 Å². The smallest absolute Gasteiger partial charge is 0.255 e. The Labute approximate surface area is 520 Å². The number of aromatic nitrogens is 10. The van der Waals surface area contributed by atoms with Crippen LogP contribution in [-0.4, -0.2) is 169 Å². The Balaban J connectivity index is 0.000000198. The fourth-order valence-electron chi connectivity index (χ4n) is 10.4. The minimum atomic E-state index is -1.31. The van der Waals surface area contributed by atoms with Crippen LogP contribution in [0.2, 0.25) is 61.4 Å². The molecule has 6 aromatic heterocycles. The van der Waals surface area contributed by atoms with E-state index < -0.39 is 45.8 Å². The number of likely N-dealkylation sites (tertiary alicyclic amines) is 2. The van der Waals surface area contributed by atoms with Gasteiger partial charge in [0.25, 0.3) is 11.8 Å². The van der Waals surface area contributed by atoms with Gasteiger partial charge < -0.3 is 48.5 Å². The highest BCUT2D eigenvalue weighted by atomic mass is 35.5. The highest BCUT2D eigenvalue weighted by molar-refractivity contribution is 6.76. The van der Waals surface area contributed by atoms with Crippen molar-refractivity contribution in [2.45, 2.75) is 123 Å². The number of carbonyl (C=O) groups is 4. The van der Waals surface area contributed by atoms with Crippen LogP contribution >= 0.6 is 23.2 Å². The predicted molar refractivity (Wildman–Crippen MR) is 337 cm³/mol. The van der Waals surface area contributed by atoms with Crippen molar-refractivity contribution in [3.63, 3.8) is 0 Å². The van der Waals surface area contributed by atoms with E-state index in [1.165, 1.54) is 0 Å². The molecule has 0 aliphatic carbocycles. The largest absolute Gasteiger partial charge is 0.361 e. The molecule has 0 saturated carbocycles. The topological polar surface area (TPSA) is 291 Å². The summed E-state index contributed by atoms with van der Waals surface area (Å²) in [6.07, 6.45) is 6.38. The molecule has 3 aliphatic heterocycles. The second kappa shape index (κ2) is 25.8. The van der Waals surface area contributed by atoms with Crippen LogP contribution in [0.5, 0.6) is 0 Å². The average molecular weight is 1270 g/mol. The number of fused-ring (bicyclic) bond motifs is 4. The van der Waals surface area contributed by atoms with Crippen LogP contribution in [0.25, 0.3) is 66.9 Å². The maximum Gasteiger partial charge on any atom is 0.255 e. The van der Waals surface area contributed by atoms with Crippen LogP contribution in [0, 0.1) is 34.5 Å². The summed E-state index contributed by atoms with van der Waals surface area (Å²) in [6, 6.07) is 15.7. The zero-order chi connectivity index (χ0) is 63.0. The summed E-state index contributed by atoms with van der Waals surface area (Å²) in [4.78, 5) is 75.2. The van der Waals surface area contributed by atoms with Crippen molar-refractivity contribution in [2.24, 2.45) is 11.8 Å². The Bertz CT molecular complexity index is 4050. The molecule has 9 heterocycles. The molecule has 1 unspecified atom stereocenters. The summed E-state index contributed by atoms with van der Waals surface area (Å²) < 4.78 is 29.1. The zero-order valence-electron chi connectivity index (χ0n) is 51.0. The second-order valence-electron chi connectivity index (χ2n) is 25.5. The van der Waals surface area contributed by atoms with Gasteiger partial charge in [-0.1, -0.05) is 62.5 Å². The summed E-state index contributed by atoms with van der Waals surface area (Å²) in [7, 11) is -2.57. The third-order valence-electron chi connectivity index (χ3n) is 15.4. The lowest BCUT2D eigenvalue weighted by Gasteiger charge is -2.37. The number of benzene rings is 2. The van der Waals surface area contributed by atoms with Gasteiger partial charge in [-0.05, 0) is 76.2 Å². The van der Waals surface area contributed by atoms with E-state index in [1.54, 1.807) is 75.8 Å². The first-order valence-electron chi connectivity index (χ1n) is 29.2. The molecule has 3 atom stereocenters. The number of halogens is 2. The van der Waals surface area contributed by atoms with E-state index in [0.717, 1.165) is 33.9 Å². The second-order valence-corrected chi connectivity index (χ2v) is 37.6. The predicted octanol–water partition coefficient (Wildman–Crippen LogP) is 8.71. The van der Waals surface area contributed by atoms with Crippen LogP contribution in [0.1, 0.15) is 48.4 Å². The molecule has 88 heavy (non-hydrogen) atoms. The van der Waals surface area contributed by atoms with E-state index in [-0.39, 0.29) is 54.3 Å². The first-order valence-corrected chi connectivity index (χ1v) is 37.4. The molecule has 8 aromatic rings. The van der Waals surface area contributed by atoms with E-state index in [0.29, 0.717) is 108 Å². The van der Waals surface area contributed by atoms with Gasteiger partial charge in [0.15, 0.2) is 17.1 Å². The molecule has 0 radical (unpaired) electrons. The number of amides is 4. The van der Waals surface area contributed by atoms with Crippen molar-refractivity contribution in [2.75, 3.05) is 46.0 Å². The molecule has 3 fully saturated rings. The Hall–Kier alpha value is -7.67. The maximum absolute atomic E-state index is 13.7. The number of carbonyl (C=O) groups excluding carboxylic acids is 4. The van der Waals surface area contributed by atoms with Gasteiger partial charge in [0.1, 0.15) is 65.5 Å². The lowest BCUT2D eigenvalue weighted by atomic mass is 10.0. The molecule has 3 N–H and O–H groups in total. The van der Waals surface area contributed by atoms with Crippen molar-refractivity contribution < 1.29 is 38.1 Å². The summed E-state index contributed by atoms with van der Waals surface area (Å²) in [5.41, 5.74) is 5.91. The standard InChI is InChI=1S/C33H41ClN8O5Si.C27H31ClN8O3Si/c1-20(32(44)40-14-21(12-35)15-40)37-31(43)25-17-41(19-45-9-10-48(4,5)6)30-29(25)38-26(13-36-30)28-24-8-7-22(34)11-27(24)42(39-28)16-23-18-46-33(2,3)47-23;1-16(27(38)35-12-17(10-29)13-35)31-26(37)20-14-36(15-39-7-8-40(2,3)4)25-24(20)32-22(11-30-25)23-19-6-5-18(28)9-21(19)33-34-23/h7-8,11,13,17,20-21,23H,9-10,14-16,18-19H2,1-6H3,(H,37,43);5-6,9,11,14,16-17H,7-8,12-13,15H2,1-4H3,(H,31,37)(H,33,34)/t20-,23?;16-/m11/s1. The summed E-state index contributed by atoms with van der Waals surface area (Å²) in [5, 5.41) is 38.8. The zero-order valence-corrected chi connectivity index (χ0v) is 54.5. The molecular weight excluding hydrogens is 1200 g/mol. The molecule has 0 bridgehead atoms. The fraction of sp³-hybridized carbons (Fsp3) is 0.467. The van der Waals surface area contributed by atoms with Crippen molar-refractivity contribution in [3.8, 4) is 34.9 Å². The minimum absolute atomic E-state index is 0.159. The molecule has 0 spiro atoms. The van der Waals surface area contributed by atoms with Crippen LogP contribution in [0.15, 0.2) is 61.2 Å². The van der Waals surface area contributed by atoms with E-state index in [9.17, 15) is 19.2 Å². The van der Waals surface area contributed by atoms with Gasteiger partial charge in [0.2, 0.25) is 11.8 Å². The number of H-pyrrole nitrogens is 1. The lowest BCUT2D eigenvalue weighted by molar-refractivity contribution is -0.140. The van der Waals surface area contributed by atoms with Crippen molar-refractivity contribution in [3.05, 3.63) is 82.4 Å². The van der Waals surface area contributed by atoms with E-state index >= 15 is 0 Å². The molecule has 3 saturated heterocycles. The minimum Gasteiger partial charge on any atom is -0.361 e. The van der Waals surface area contributed by atoms with Crippen LogP contribution in [-0.2, 0) is 48.5 Å². The van der Waals surface area contributed by atoms with Crippen molar-refractivity contribution >= 4 is 107 Å². The monoisotopic (exact) mass is 1270 g/mol. The number of aromatic amines is 1. The number of rotatable bonds is 20. The van der Waals surface area contributed by atoms with Gasteiger partial charge in [-0.2, -0.15) is 20.7 Å². The SMILES string of the molecule is C[C@@H](NC(=O)c1cn(COCC[Si](C)(C)C)c2ncc(-c3n[nH]c4cc(Cl)ccc34)nc12)C(=O)N1CC(C#N)C1.C[C@@H](NC(=O)c1cn(COCC[Si](C)(C)C)c2ncc(-c3nn(CC4COC(C)(C)O4)c4cc(Cl)ccc34)nc12)C(=O)N1CC(C#N)C1. The van der Waals surface area contributed by atoms with Gasteiger partial charge >= 0.3 is 0 Å². The molecular formula is C60H72Cl2N16O8Si2. The van der Waals surface area contributed by atoms with E-state index in [1.807, 2.05) is 36.7 Å². The normalized spacial score (nSPS) is 16.9. The molecule has 11 rings (SSSR count). The Morgan fingerprint density at radius 2 is 1.23 bits per heavy atom. The number of nitrogens with zero attached hydrogens (tertiary/aromatic N) is 13. The third kappa shape index (κ3) is 14.4. The summed E-state index contributed by atoms with van der Waals surface area (Å²) in [6.45, 7) is 24.7. The van der Waals surface area contributed by atoms with Crippen LogP contribution in [0.3, 0.4) is 0 Å². The first kappa shape index (κ1) is 63.4. The van der Waals surface area contributed by atoms with Crippen LogP contribution < -0.4 is 10.6 Å². The lowest BCUT2D eigenvalue weighted by Crippen LogP contribution is -2.55. The number of ether oxygens (including phenoxy) is 4. The number of hydrogen-bond donors (Lipinski definition) is 3. The van der Waals surface area contributed by atoms with Gasteiger partial charge in [-0.25, -0.2) is 19.9 Å². The Kier molecular flexibility index (Phi) is 18.6. The Morgan fingerprint density at radius 1 is 0.739 bits per heavy atom. The maximum atomic E-state index is 13.7. The number of nitriles is 2. The summed E-state index contributed by atoms with van der Waals surface area (Å²) >= 11 is 12.5. The number of hydrogen-bond acceptors (Lipinski definition) is 16. The fourth-order valence-corrected chi connectivity index (χ4v) is 12.2. The quantitative estimate of drug-likeness (QED) is 0.0475. The van der Waals surface area contributed by atoms with Gasteiger partial charge in [0, 0.05) is 88.8 Å². The van der Waals surface area contributed by atoms with Gasteiger partial charge in [-0.15, -0.1) is 0 Å². The van der Waals surface area contributed by atoms with Crippen LogP contribution in [0.4, 0.5) is 0 Å². The molecule has 2 aromatic carbocycles. The number of nitrogens with one attached hydrogen (secondary N) is 3. The third-order valence-corrected chi connectivity index (χ3v) is 19.3. The highest BCUT2D eigenvalue weighted by Crippen LogP contribution is 2.34.